The number of thioether (sulfide) groups is 1. The van der Waals surface area contributed by atoms with Gasteiger partial charge >= 0.3 is 0 Å². The van der Waals surface area contributed by atoms with E-state index in [0.717, 1.165) is 28.3 Å². The molecule has 7 nitrogen and oxygen atoms in total. The van der Waals surface area contributed by atoms with E-state index in [0.29, 0.717) is 22.3 Å². The number of sulfonamides is 1. The lowest BCUT2D eigenvalue weighted by molar-refractivity contribution is -0.116. The van der Waals surface area contributed by atoms with Crippen LogP contribution in [0.4, 0.5) is 10.8 Å². The summed E-state index contributed by atoms with van der Waals surface area (Å²) >= 11 is 8.96. The Bertz CT molecular complexity index is 918. The maximum Gasteiger partial charge on any atom is 0.232 e. The van der Waals surface area contributed by atoms with Crippen molar-refractivity contribution < 1.29 is 13.2 Å². The van der Waals surface area contributed by atoms with Gasteiger partial charge in [0.25, 0.3) is 0 Å². The zero-order chi connectivity index (χ0) is 20.7. The molecule has 0 saturated heterocycles. The minimum Gasteiger partial charge on any atom is -0.301 e. The summed E-state index contributed by atoms with van der Waals surface area (Å²) in [4.78, 5) is 12.2. The van der Waals surface area contributed by atoms with Gasteiger partial charge in [0, 0.05) is 23.7 Å². The maximum absolute atomic E-state index is 12.2. The van der Waals surface area contributed by atoms with Gasteiger partial charge in [-0.05, 0) is 37.5 Å². The summed E-state index contributed by atoms with van der Waals surface area (Å²) in [6.45, 7) is 4.09. The fourth-order valence-corrected chi connectivity index (χ4v) is 5.26. The highest BCUT2D eigenvalue weighted by atomic mass is 35.5. The second-order valence-corrected chi connectivity index (χ2v) is 10.8. The topological polar surface area (TPSA) is 92.3 Å². The lowest BCUT2D eigenvalue weighted by Gasteiger charge is -2.24. The first-order chi connectivity index (χ1) is 13.2. The number of anilines is 2. The van der Waals surface area contributed by atoms with Crippen molar-refractivity contribution in [3.05, 3.63) is 28.8 Å². The van der Waals surface area contributed by atoms with Gasteiger partial charge in [0.05, 0.1) is 11.9 Å². The van der Waals surface area contributed by atoms with Crippen molar-refractivity contribution in [2.24, 2.45) is 0 Å². The molecule has 2 aromatic rings. The molecule has 1 amide bonds. The molecule has 0 fully saturated rings. The summed E-state index contributed by atoms with van der Waals surface area (Å²) in [7, 11) is -3.50. The fraction of sp³-hybridized carbons (Fsp3) is 0.471. The van der Waals surface area contributed by atoms with E-state index in [1.165, 1.54) is 15.6 Å². The van der Waals surface area contributed by atoms with Crippen molar-refractivity contribution >= 4 is 61.4 Å². The lowest BCUT2D eigenvalue weighted by atomic mass is 10.2. The van der Waals surface area contributed by atoms with E-state index in [2.05, 4.69) is 22.4 Å². The first-order valence-electron chi connectivity index (χ1n) is 8.70. The Kier molecular flexibility index (Phi) is 8.54. The number of aromatic nitrogens is 2. The first-order valence-corrected chi connectivity index (χ1v) is 12.7. The monoisotopic (exact) mass is 462 g/mol. The van der Waals surface area contributed by atoms with Crippen LogP contribution in [0.1, 0.15) is 31.7 Å². The number of nitrogens with zero attached hydrogens (tertiary/aromatic N) is 3. The number of aryl methyl sites for hydroxylation is 1. The molecule has 1 heterocycles. The third kappa shape index (κ3) is 6.91. The molecule has 1 N–H and O–H groups in total. The Balaban J connectivity index is 1.94. The van der Waals surface area contributed by atoms with Gasteiger partial charge in [0.2, 0.25) is 21.1 Å². The number of benzene rings is 1. The van der Waals surface area contributed by atoms with Gasteiger partial charge in [0.1, 0.15) is 0 Å². The van der Waals surface area contributed by atoms with E-state index in [1.807, 2.05) is 6.92 Å². The number of nitrogens with one attached hydrogen (secondary N) is 1. The third-order valence-corrected chi connectivity index (χ3v) is 7.28. The van der Waals surface area contributed by atoms with Gasteiger partial charge in [-0.1, -0.05) is 47.7 Å². The molecule has 0 aliphatic rings. The molecule has 0 unspecified atom stereocenters. The van der Waals surface area contributed by atoms with Crippen LogP contribution >= 0.6 is 34.7 Å². The van der Waals surface area contributed by atoms with E-state index < -0.39 is 10.0 Å². The average Bonchev–Trinajstić information content (AvgIpc) is 3.05. The van der Waals surface area contributed by atoms with Crippen LogP contribution in [-0.4, -0.2) is 43.1 Å². The molecule has 1 aromatic heterocycles. The van der Waals surface area contributed by atoms with Crippen molar-refractivity contribution in [2.75, 3.05) is 28.2 Å². The molecule has 0 aliphatic heterocycles. The predicted molar refractivity (Wildman–Crippen MR) is 117 cm³/mol. The molecule has 0 radical (unpaired) electrons. The van der Waals surface area contributed by atoms with E-state index in [9.17, 15) is 13.2 Å². The van der Waals surface area contributed by atoms with Crippen molar-refractivity contribution in [2.45, 2.75) is 37.4 Å². The number of amides is 1. The summed E-state index contributed by atoms with van der Waals surface area (Å²) < 4.78 is 26.5. The standard InChI is InChI=1S/C17H23ClN4O3S3/c1-4-10-26-17-21-20-16(27-17)19-15(23)6-5-9-22(28(3,24)25)14-11-13(18)8-7-12(14)2/h7-8,11H,4-6,9-10H2,1-3H3,(H,19,20,23). The molecular weight excluding hydrogens is 440 g/mol. The number of carbonyl (C=O) groups excluding carboxylic acids is 1. The molecule has 2 rings (SSSR count). The quantitative estimate of drug-likeness (QED) is 0.420. The zero-order valence-electron chi connectivity index (χ0n) is 15.9. The molecule has 0 atom stereocenters. The molecule has 154 valence electrons. The number of hydrogen-bond donors (Lipinski definition) is 1. The molecular formula is C17H23ClN4O3S3. The van der Waals surface area contributed by atoms with E-state index >= 15 is 0 Å². The van der Waals surface area contributed by atoms with E-state index in [1.54, 1.807) is 30.0 Å². The Labute approximate surface area is 178 Å². The Morgan fingerprint density at radius 3 is 2.79 bits per heavy atom. The van der Waals surface area contributed by atoms with Crippen LogP contribution in [0.15, 0.2) is 22.5 Å². The summed E-state index contributed by atoms with van der Waals surface area (Å²) in [6, 6.07) is 5.10. The van der Waals surface area contributed by atoms with Crippen molar-refractivity contribution in [3.63, 3.8) is 0 Å². The highest BCUT2D eigenvalue weighted by Gasteiger charge is 2.20. The second kappa shape index (κ2) is 10.4. The smallest absolute Gasteiger partial charge is 0.232 e. The van der Waals surface area contributed by atoms with Gasteiger partial charge in [0.15, 0.2) is 4.34 Å². The van der Waals surface area contributed by atoms with E-state index in [-0.39, 0.29) is 18.9 Å². The van der Waals surface area contributed by atoms with Gasteiger partial charge in [-0.3, -0.25) is 9.10 Å². The Hall–Kier alpha value is -1.36. The van der Waals surface area contributed by atoms with Crippen LogP contribution in [-0.2, 0) is 14.8 Å². The van der Waals surface area contributed by atoms with Gasteiger partial charge in [-0.25, -0.2) is 8.42 Å². The number of hydrogen-bond acceptors (Lipinski definition) is 7. The number of rotatable bonds is 10. The Morgan fingerprint density at radius 1 is 1.36 bits per heavy atom. The molecule has 28 heavy (non-hydrogen) atoms. The summed E-state index contributed by atoms with van der Waals surface area (Å²) in [5.74, 6) is 0.728. The summed E-state index contributed by atoms with van der Waals surface area (Å²) in [5, 5.41) is 11.6. The molecule has 11 heteroatoms. The third-order valence-electron chi connectivity index (χ3n) is 3.69. The predicted octanol–water partition coefficient (Wildman–Crippen LogP) is 4.19. The van der Waals surface area contributed by atoms with Crippen LogP contribution < -0.4 is 9.62 Å². The largest absolute Gasteiger partial charge is 0.301 e. The first kappa shape index (κ1) is 22.9. The minimum atomic E-state index is -3.50. The summed E-state index contributed by atoms with van der Waals surface area (Å²) in [5.41, 5.74) is 1.32. The highest BCUT2D eigenvalue weighted by Crippen LogP contribution is 2.27. The molecule has 0 saturated carbocycles. The normalized spacial score (nSPS) is 11.4. The number of halogens is 1. The van der Waals surface area contributed by atoms with Gasteiger partial charge in [-0.15, -0.1) is 10.2 Å². The van der Waals surface area contributed by atoms with E-state index in [4.69, 9.17) is 11.6 Å². The minimum absolute atomic E-state index is 0.169. The zero-order valence-corrected chi connectivity index (χ0v) is 19.1. The molecule has 0 aliphatic carbocycles. The van der Waals surface area contributed by atoms with Crippen molar-refractivity contribution in [1.82, 2.24) is 10.2 Å². The van der Waals surface area contributed by atoms with Crippen molar-refractivity contribution in [1.29, 1.82) is 0 Å². The fourth-order valence-electron chi connectivity index (χ4n) is 2.39. The van der Waals surface area contributed by atoms with Gasteiger partial charge < -0.3 is 5.32 Å². The molecule has 1 aromatic carbocycles. The summed E-state index contributed by atoms with van der Waals surface area (Å²) in [6.07, 6.45) is 2.71. The van der Waals surface area contributed by atoms with Crippen molar-refractivity contribution in [3.8, 4) is 0 Å². The Morgan fingerprint density at radius 2 is 2.11 bits per heavy atom. The second-order valence-electron chi connectivity index (χ2n) is 6.14. The maximum atomic E-state index is 12.2. The SMILES string of the molecule is CCCSc1nnc(NC(=O)CCCN(c2cc(Cl)ccc2C)S(C)(=O)=O)s1. The van der Waals surface area contributed by atoms with Gasteiger partial charge in [-0.2, -0.15) is 0 Å². The van der Waals surface area contributed by atoms with Crippen LogP contribution in [0, 0.1) is 6.92 Å². The average molecular weight is 463 g/mol. The van der Waals surface area contributed by atoms with Crippen LogP contribution in [0.25, 0.3) is 0 Å². The number of carbonyl (C=O) groups is 1. The molecule has 0 bridgehead atoms. The van der Waals surface area contributed by atoms with Crippen LogP contribution in [0.3, 0.4) is 0 Å². The lowest BCUT2D eigenvalue weighted by Crippen LogP contribution is -2.32. The highest BCUT2D eigenvalue weighted by molar-refractivity contribution is 8.01. The van der Waals surface area contributed by atoms with Crippen LogP contribution in [0.2, 0.25) is 5.02 Å². The molecule has 0 spiro atoms. The van der Waals surface area contributed by atoms with Crippen LogP contribution in [0.5, 0.6) is 0 Å².